The van der Waals surface area contributed by atoms with Crippen LogP contribution in [0.5, 0.6) is 0 Å². The average molecular weight is 186 g/mol. The van der Waals surface area contributed by atoms with Crippen molar-refractivity contribution < 1.29 is 14.6 Å². The molecule has 0 spiro atoms. The Morgan fingerprint density at radius 1 is 1.38 bits per heavy atom. The van der Waals surface area contributed by atoms with Crippen LogP contribution in [0, 0.1) is 17.8 Å². The van der Waals surface area contributed by atoms with Gasteiger partial charge in [-0.1, -0.05) is 13.8 Å². The third-order valence-electron chi connectivity index (χ3n) is 3.59. The molecule has 0 amide bonds. The zero-order valence-corrected chi connectivity index (χ0v) is 8.43. The van der Waals surface area contributed by atoms with Crippen molar-refractivity contribution in [3.8, 4) is 0 Å². The minimum atomic E-state index is -0.208. The van der Waals surface area contributed by atoms with Crippen molar-refractivity contribution in [2.45, 2.75) is 38.8 Å². The van der Waals surface area contributed by atoms with Crippen LogP contribution in [0.25, 0.3) is 0 Å². The van der Waals surface area contributed by atoms with Crippen molar-refractivity contribution in [2.24, 2.45) is 17.8 Å². The molecule has 1 aliphatic heterocycles. The molecule has 2 rings (SSSR count). The number of rotatable bonds is 1. The van der Waals surface area contributed by atoms with Crippen molar-refractivity contribution in [1.29, 1.82) is 0 Å². The van der Waals surface area contributed by atoms with Gasteiger partial charge in [-0.05, 0) is 12.3 Å². The Labute approximate surface area is 79.0 Å². The zero-order valence-electron chi connectivity index (χ0n) is 8.43. The molecule has 0 unspecified atom stereocenters. The first-order valence-electron chi connectivity index (χ1n) is 5.01. The van der Waals surface area contributed by atoms with Gasteiger partial charge in [0.25, 0.3) is 0 Å². The molecule has 6 atom stereocenters. The summed E-state index contributed by atoms with van der Waals surface area (Å²) in [5.74, 6) is 0.963. The molecule has 0 aromatic heterocycles. The topological polar surface area (TPSA) is 38.7 Å². The van der Waals surface area contributed by atoms with Gasteiger partial charge in [-0.25, -0.2) is 0 Å². The molecule has 2 aliphatic rings. The average Bonchev–Trinajstić information content (AvgIpc) is 2.54. The van der Waals surface area contributed by atoms with E-state index in [9.17, 15) is 5.11 Å². The van der Waals surface area contributed by atoms with E-state index < -0.39 is 0 Å². The first kappa shape index (κ1) is 9.44. The van der Waals surface area contributed by atoms with Gasteiger partial charge in [-0.3, -0.25) is 0 Å². The van der Waals surface area contributed by atoms with Crippen LogP contribution in [0.1, 0.15) is 20.3 Å². The van der Waals surface area contributed by atoms with E-state index in [2.05, 4.69) is 13.8 Å². The molecule has 2 fully saturated rings. The van der Waals surface area contributed by atoms with E-state index in [1.807, 2.05) is 0 Å². The van der Waals surface area contributed by atoms with E-state index in [4.69, 9.17) is 9.47 Å². The summed E-state index contributed by atoms with van der Waals surface area (Å²) in [5, 5.41) is 9.92. The van der Waals surface area contributed by atoms with Crippen LogP contribution in [0.2, 0.25) is 0 Å². The number of fused-ring (bicyclic) bond motifs is 1. The van der Waals surface area contributed by atoms with Gasteiger partial charge in [0.1, 0.15) is 0 Å². The summed E-state index contributed by atoms with van der Waals surface area (Å²) in [6.45, 7) is 4.18. The highest BCUT2D eigenvalue weighted by Gasteiger charge is 2.51. The maximum Gasteiger partial charge on any atom is 0.160 e. The lowest BCUT2D eigenvalue weighted by Crippen LogP contribution is -2.28. The van der Waals surface area contributed by atoms with Gasteiger partial charge < -0.3 is 14.6 Å². The standard InChI is InChI=1S/C10H18O3/c1-5-4-7-8(9(5)11)6(2)10(12-3)13-7/h5-11H,4H2,1-3H3/t5-,6+,7-,8-,9+,10+/m1/s1. The maximum absolute atomic E-state index is 9.92. The third-order valence-corrected chi connectivity index (χ3v) is 3.59. The van der Waals surface area contributed by atoms with E-state index >= 15 is 0 Å². The third kappa shape index (κ3) is 1.30. The molecule has 0 aromatic rings. The quantitative estimate of drug-likeness (QED) is 0.664. The van der Waals surface area contributed by atoms with Crippen molar-refractivity contribution in [1.82, 2.24) is 0 Å². The number of ether oxygens (including phenoxy) is 2. The monoisotopic (exact) mass is 186 g/mol. The fourth-order valence-corrected chi connectivity index (χ4v) is 2.81. The highest BCUT2D eigenvalue weighted by molar-refractivity contribution is 4.97. The molecule has 76 valence electrons. The van der Waals surface area contributed by atoms with E-state index in [-0.39, 0.29) is 24.4 Å². The Hall–Kier alpha value is -0.120. The summed E-state index contributed by atoms with van der Waals surface area (Å²) in [7, 11) is 1.66. The predicted molar refractivity (Wildman–Crippen MR) is 48.1 cm³/mol. The highest BCUT2D eigenvalue weighted by Crippen LogP contribution is 2.45. The Balaban J connectivity index is 2.11. The van der Waals surface area contributed by atoms with Crippen LogP contribution >= 0.6 is 0 Å². The fourth-order valence-electron chi connectivity index (χ4n) is 2.81. The van der Waals surface area contributed by atoms with Gasteiger partial charge in [-0.15, -0.1) is 0 Å². The first-order chi connectivity index (χ1) is 6.15. The van der Waals surface area contributed by atoms with Crippen molar-refractivity contribution in [3.05, 3.63) is 0 Å². The van der Waals surface area contributed by atoms with Gasteiger partial charge in [0.2, 0.25) is 0 Å². The molecule has 1 N–H and O–H groups in total. The normalized spacial score (nSPS) is 55.4. The summed E-state index contributed by atoms with van der Waals surface area (Å²) in [6.07, 6.45) is 0.859. The van der Waals surface area contributed by atoms with E-state index in [0.717, 1.165) is 6.42 Å². The number of aliphatic hydroxyl groups excluding tert-OH is 1. The van der Waals surface area contributed by atoms with E-state index in [1.54, 1.807) is 7.11 Å². The molecule has 3 nitrogen and oxygen atoms in total. The Morgan fingerprint density at radius 3 is 2.62 bits per heavy atom. The molecular weight excluding hydrogens is 168 g/mol. The smallest absolute Gasteiger partial charge is 0.160 e. The molecule has 0 radical (unpaired) electrons. The second-order valence-corrected chi connectivity index (χ2v) is 4.42. The zero-order chi connectivity index (χ0) is 9.59. The van der Waals surface area contributed by atoms with Crippen LogP contribution in [-0.4, -0.2) is 30.7 Å². The van der Waals surface area contributed by atoms with Gasteiger partial charge in [0, 0.05) is 18.9 Å². The summed E-state index contributed by atoms with van der Waals surface area (Å²) in [6, 6.07) is 0. The van der Waals surface area contributed by atoms with Crippen LogP contribution in [-0.2, 0) is 9.47 Å². The summed E-state index contributed by atoms with van der Waals surface area (Å²) in [4.78, 5) is 0. The molecule has 1 saturated heterocycles. The van der Waals surface area contributed by atoms with Crippen LogP contribution in [0.4, 0.5) is 0 Å². The number of hydrogen-bond donors (Lipinski definition) is 1. The van der Waals surface area contributed by atoms with Crippen molar-refractivity contribution in [2.75, 3.05) is 7.11 Å². The van der Waals surface area contributed by atoms with Gasteiger partial charge in [0.05, 0.1) is 12.2 Å². The minimum Gasteiger partial charge on any atom is -0.392 e. The number of hydrogen-bond acceptors (Lipinski definition) is 3. The largest absolute Gasteiger partial charge is 0.392 e. The maximum atomic E-state index is 9.92. The molecular formula is C10H18O3. The summed E-state index contributed by atoms with van der Waals surface area (Å²) >= 11 is 0. The lowest BCUT2D eigenvalue weighted by Gasteiger charge is -2.21. The Kier molecular flexibility index (Phi) is 2.34. The second-order valence-electron chi connectivity index (χ2n) is 4.42. The first-order valence-corrected chi connectivity index (χ1v) is 5.01. The molecule has 0 bridgehead atoms. The van der Waals surface area contributed by atoms with Crippen LogP contribution in [0.3, 0.4) is 0 Å². The van der Waals surface area contributed by atoms with Gasteiger partial charge >= 0.3 is 0 Å². The van der Waals surface area contributed by atoms with Crippen LogP contribution < -0.4 is 0 Å². The molecule has 1 saturated carbocycles. The summed E-state index contributed by atoms with van der Waals surface area (Å²) < 4.78 is 10.9. The molecule has 1 heterocycles. The molecule has 3 heteroatoms. The van der Waals surface area contributed by atoms with Gasteiger partial charge in [0.15, 0.2) is 6.29 Å². The van der Waals surface area contributed by atoms with E-state index in [1.165, 1.54) is 0 Å². The van der Waals surface area contributed by atoms with Crippen LogP contribution in [0.15, 0.2) is 0 Å². The minimum absolute atomic E-state index is 0.114. The van der Waals surface area contributed by atoms with Gasteiger partial charge in [-0.2, -0.15) is 0 Å². The summed E-state index contributed by atoms with van der Waals surface area (Å²) in [5.41, 5.74) is 0. The molecule has 1 aliphatic carbocycles. The lowest BCUT2D eigenvalue weighted by molar-refractivity contribution is -0.131. The number of aliphatic hydroxyl groups is 1. The molecule has 13 heavy (non-hydrogen) atoms. The van der Waals surface area contributed by atoms with E-state index in [0.29, 0.717) is 11.8 Å². The predicted octanol–water partition coefficient (Wildman–Crippen LogP) is 1.01. The fraction of sp³-hybridized carbons (Fsp3) is 1.00. The number of methoxy groups -OCH3 is 1. The van der Waals surface area contributed by atoms with Crippen molar-refractivity contribution >= 4 is 0 Å². The Bertz CT molecular complexity index is 193. The Morgan fingerprint density at radius 2 is 2.08 bits per heavy atom. The molecule has 0 aromatic carbocycles. The lowest BCUT2D eigenvalue weighted by atomic mass is 9.90. The highest BCUT2D eigenvalue weighted by atomic mass is 16.7. The second kappa shape index (κ2) is 3.23. The van der Waals surface area contributed by atoms with Crippen molar-refractivity contribution in [3.63, 3.8) is 0 Å². The SMILES string of the molecule is CO[C@H]1O[C@@H]2C[C@@H](C)[C@H](O)[C@@H]2[C@@H]1C.